The highest BCUT2D eigenvalue weighted by Crippen LogP contribution is 2.31. The minimum Gasteiger partial charge on any atom is -0.477 e. The summed E-state index contributed by atoms with van der Waals surface area (Å²) in [6, 6.07) is 24.5. The van der Waals surface area contributed by atoms with Crippen LogP contribution in [0.3, 0.4) is 0 Å². The molecule has 34 heavy (non-hydrogen) atoms. The number of hydrogen-bond acceptors (Lipinski definition) is 5. The Morgan fingerprint density at radius 2 is 1.68 bits per heavy atom. The predicted octanol–water partition coefficient (Wildman–Crippen LogP) is 5.53. The van der Waals surface area contributed by atoms with Gasteiger partial charge >= 0.3 is 5.97 Å². The molecular weight excluding hydrogens is 468 g/mol. The average molecular weight is 493 g/mol. The van der Waals surface area contributed by atoms with Crippen LogP contribution in [0.1, 0.15) is 22.5 Å². The van der Waals surface area contributed by atoms with Crippen molar-refractivity contribution < 1.29 is 18.3 Å². The van der Waals surface area contributed by atoms with E-state index in [0.29, 0.717) is 35.7 Å². The Morgan fingerprint density at radius 1 is 0.912 bits per heavy atom. The smallest absolute Gasteiger partial charge is 0.345 e. The van der Waals surface area contributed by atoms with E-state index in [0.717, 1.165) is 26.9 Å². The van der Waals surface area contributed by atoms with Crippen LogP contribution in [0.2, 0.25) is 0 Å². The lowest BCUT2D eigenvalue weighted by molar-refractivity contribution is 0.0702. The van der Waals surface area contributed by atoms with Crippen LogP contribution in [0.4, 0.5) is 5.69 Å². The van der Waals surface area contributed by atoms with Gasteiger partial charge in [-0.2, -0.15) is 4.31 Å². The van der Waals surface area contributed by atoms with Crippen LogP contribution in [0, 0.1) is 0 Å². The largest absolute Gasteiger partial charge is 0.477 e. The molecule has 0 spiro atoms. The number of piperidine rings is 1. The molecule has 1 fully saturated rings. The van der Waals surface area contributed by atoms with Gasteiger partial charge in [-0.15, -0.1) is 11.3 Å². The molecule has 2 N–H and O–H groups in total. The number of carboxylic acids is 1. The topological polar surface area (TPSA) is 86.7 Å². The summed E-state index contributed by atoms with van der Waals surface area (Å²) in [5.74, 6) is -0.920. The fourth-order valence-corrected chi connectivity index (χ4v) is 6.67. The number of sulfonamides is 1. The van der Waals surface area contributed by atoms with Gasteiger partial charge in [0.05, 0.1) is 4.90 Å². The zero-order valence-electron chi connectivity index (χ0n) is 18.3. The maximum absolute atomic E-state index is 13.2. The second kappa shape index (κ2) is 9.21. The lowest BCUT2D eigenvalue weighted by Crippen LogP contribution is -2.42. The van der Waals surface area contributed by atoms with Crippen LogP contribution in [0.25, 0.3) is 21.2 Å². The number of thiophene rings is 1. The van der Waals surface area contributed by atoms with E-state index in [1.165, 1.54) is 11.3 Å². The quantitative estimate of drug-likeness (QED) is 0.369. The summed E-state index contributed by atoms with van der Waals surface area (Å²) in [7, 11) is -3.54. The van der Waals surface area contributed by atoms with Gasteiger partial charge in [0.15, 0.2) is 0 Å². The molecule has 0 saturated carbocycles. The van der Waals surface area contributed by atoms with E-state index in [2.05, 4.69) is 5.32 Å². The Balaban J connectivity index is 1.25. The number of nitrogens with zero attached hydrogens (tertiary/aromatic N) is 1. The summed E-state index contributed by atoms with van der Waals surface area (Å²) >= 11 is 1.25. The third-order valence-electron chi connectivity index (χ3n) is 6.15. The highest BCUT2D eigenvalue weighted by atomic mass is 32.2. The molecule has 8 heteroatoms. The molecule has 1 saturated heterocycles. The van der Waals surface area contributed by atoms with Gasteiger partial charge in [0.2, 0.25) is 10.0 Å². The van der Waals surface area contributed by atoms with E-state index in [4.69, 9.17) is 5.11 Å². The summed E-state index contributed by atoms with van der Waals surface area (Å²) in [6.07, 6.45) is 1.42. The number of rotatable bonds is 6. The SMILES string of the molecule is O=C(O)c1ccc(-c2cccc(NC3CCN(S(=O)(=O)c4ccc5ccccc5c4)CC3)c2)s1. The number of nitrogens with one attached hydrogen (secondary N) is 1. The van der Waals surface area contributed by atoms with Crippen molar-refractivity contribution in [1.82, 2.24) is 4.31 Å². The molecule has 1 aliphatic heterocycles. The highest BCUT2D eigenvalue weighted by molar-refractivity contribution is 7.89. The van der Waals surface area contributed by atoms with E-state index >= 15 is 0 Å². The lowest BCUT2D eigenvalue weighted by Gasteiger charge is -2.32. The minimum atomic E-state index is -3.54. The molecule has 4 aromatic rings. The van der Waals surface area contributed by atoms with Crippen LogP contribution < -0.4 is 5.32 Å². The number of hydrogen-bond donors (Lipinski definition) is 2. The summed E-state index contributed by atoms with van der Waals surface area (Å²) < 4.78 is 28.0. The van der Waals surface area contributed by atoms with Crippen molar-refractivity contribution in [3.63, 3.8) is 0 Å². The third-order valence-corrected chi connectivity index (χ3v) is 9.16. The number of carbonyl (C=O) groups is 1. The molecule has 0 radical (unpaired) electrons. The molecule has 174 valence electrons. The Labute approximate surface area is 202 Å². The Kier molecular flexibility index (Phi) is 6.12. The summed E-state index contributed by atoms with van der Waals surface area (Å²) in [4.78, 5) is 12.7. The van der Waals surface area contributed by atoms with Crippen molar-refractivity contribution in [2.24, 2.45) is 0 Å². The number of anilines is 1. The van der Waals surface area contributed by atoms with Gasteiger partial charge in [-0.3, -0.25) is 0 Å². The number of aromatic carboxylic acids is 1. The third kappa shape index (κ3) is 4.57. The van der Waals surface area contributed by atoms with Gasteiger partial charge in [-0.1, -0.05) is 42.5 Å². The molecule has 0 atom stereocenters. The molecule has 0 bridgehead atoms. The molecular formula is C26H24N2O4S2. The van der Waals surface area contributed by atoms with E-state index in [9.17, 15) is 13.2 Å². The molecule has 5 rings (SSSR count). The summed E-state index contributed by atoms with van der Waals surface area (Å²) in [6.45, 7) is 0.916. The molecule has 0 unspecified atom stereocenters. The molecule has 0 amide bonds. The maximum Gasteiger partial charge on any atom is 0.345 e. The zero-order chi connectivity index (χ0) is 23.7. The molecule has 6 nitrogen and oxygen atoms in total. The van der Waals surface area contributed by atoms with Crippen molar-refractivity contribution in [2.75, 3.05) is 18.4 Å². The van der Waals surface area contributed by atoms with Crippen molar-refractivity contribution in [3.05, 3.63) is 83.7 Å². The molecule has 3 aromatic carbocycles. The maximum atomic E-state index is 13.2. The second-order valence-electron chi connectivity index (χ2n) is 8.38. The van der Waals surface area contributed by atoms with Gasteiger partial charge in [-0.05, 0) is 65.6 Å². The average Bonchev–Trinajstić information content (AvgIpc) is 3.35. The Bertz CT molecular complexity index is 1450. The highest BCUT2D eigenvalue weighted by Gasteiger charge is 2.29. The molecule has 1 aromatic heterocycles. The van der Waals surface area contributed by atoms with Crippen molar-refractivity contribution in [1.29, 1.82) is 0 Å². The van der Waals surface area contributed by atoms with Crippen LogP contribution in [0.5, 0.6) is 0 Å². The Morgan fingerprint density at radius 3 is 2.41 bits per heavy atom. The van der Waals surface area contributed by atoms with E-state index in [1.54, 1.807) is 22.5 Å². The molecule has 1 aliphatic rings. The van der Waals surface area contributed by atoms with Crippen molar-refractivity contribution in [2.45, 2.75) is 23.8 Å². The van der Waals surface area contributed by atoms with Crippen molar-refractivity contribution in [3.8, 4) is 10.4 Å². The summed E-state index contributed by atoms with van der Waals surface area (Å²) in [5, 5.41) is 14.6. The van der Waals surface area contributed by atoms with Crippen LogP contribution in [0.15, 0.2) is 83.8 Å². The van der Waals surface area contributed by atoms with E-state index < -0.39 is 16.0 Å². The van der Waals surface area contributed by atoms with Gasteiger partial charge in [0, 0.05) is 29.7 Å². The zero-order valence-corrected chi connectivity index (χ0v) is 20.0. The minimum absolute atomic E-state index is 0.163. The number of benzene rings is 3. The second-order valence-corrected chi connectivity index (χ2v) is 11.4. The lowest BCUT2D eigenvalue weighted by atomic mass is 10.1. The first kappa shape index (κ1) is 22.6. The number of carboxylic acid groups (broad SMARTS) is 1. The molecule has 2 heterocycles. The Hall–Kier alpha value is -3.20. The number of fused-ring (bicyclic) bond motifs is 1. The van der Waals surface area contributed by atoms with Gasteiger partial charge < -0.3 is 10.4 Å². The first-order chi connectivity index (χ1) is 16.4. The first-order valence-corrected chi connectivity index (χ1v) is 13.3. The monoisotopic (exact) mass is 492 g/mol. The van der Waals surface area contributed by atoms with Crippen LogP contribution in [-0.4, -0.2) is 42.9 Å². The fourth-order valence-electron chi connectivity index (χ4n) is 4.32. The predicted molar refractivity (Wildman–Crippen MR) is 136 cm³/mol. The van der Waals surface area contributed by atoms with Gasteiger partial charge in [-0.25, -0.2) is 13.2 Å². The van der Waals surface area contributed by atoms with E-state index in [-0.39, 0.29) is 6.04 Å². The van der Waals surface area contributed by atoms with Crippen molar-refractivity contribution >= 4 is 43.8 Å². The first-order valence-electron chi connectivity index (χ1n) is 11.1. The standard InChI is InChI=1S/C26H24N2O4S2/c29-26(30)25-11-10-24(33-25)20-6-3-7-22(16-20)27-21-12-14-28(15-13-21)34(31,32)23-9-8-18-4-1-2-5-19(18)17-23/h1-11,16-17,21,27H,12-15H2,(H,29,30). The van der Waals surface area contributed by atoms with E-state index in [1.807, 2.05) is 60.7 Å². The van der Waals surface area contributed by atoms with Crippen LogP contribution in [-0.2, 0) is 10.0 Å². The fraction of sp³-hybridized carbons (Fsp3) is 0.192. The molecule has 0 aliphatic carbocycles. The summed E-state index contributed by atoms with van der Waals surface area (Å²) in [5.41, 5.74) is 1.90. The normalized spacial score (nSPS) is 15.4. The van der Waals surface area contributed by atoms with Gasteiger partial charge in [0.1, 0.15) is 4.88 Å². The van der Waals surface area contributed by atoms with Gasteiger partial charge in [0.25, 0.3) is 0 Å². The van der Waals surface area contributed by atoms with Crippen LogP contribution >= 0.6 is 11.3 Å².